The Balaban J connectivity index is 1.49. The second-order valence-corrected chi connectivity index (χ2v) is 8.27. The number of nitrogens with zero attached hydrogens (tertiary/aromatic N) is 6. The summed E-state index contributed by atoms with van der Waals surface area (Å²) >= 11 is 6.99. The van der Waals surface area contributed by atoms with Crippen LogP contribution in [0.4, 0.5) is 13.2 Å². The molecule has 0 N–H and O–H groups in total. The molecule has 1 aromatic carbocycles. The molecule has 0 unspecified atom stereocenters. The molecule has 0 spiro atoms. The molecular weight excluding hydrogens is 453 g/mol. The fraction of sp³-hybridized carbons (Fsp3) is 0.316. The third kappa shape index (κ3) is 4.82. The van der Waals surface area contributed by atoms with Crippen molar-refractivity contribution in [3.63, 3.8) is 0 Å². The second-order valence-electron chi connectivity index (χ2n) is 6.84. The predicted molar refractivity (Wildman–Crippen MR) is 108 cm³/mol. The first-order valence-corrected chi connectivity index (χ1v) is 10.7. The number of halogens is 4. The molecule has 0 aliphatic carbocycles. The first kappa shape index (κ1) is 21.6. The molecule has 2 aromatic heterocycles. The number of aromatic nitrogens is 5. The van der Waals surface area contributed by atoms with E-state index in [1.54, 1.807) is 17.0 Å². The summed E-state index contributed by atoms with van der Waals surface area (Å²) in [4.78, 5) is 18.5. The van der Waals surface area contributed by atoms with Crippen LogP contribution >= 0.6 is 23.4 Å². The molecule has 0 radical (unpaired) electrons. The van der Waals surface area contributed by atoms with Gasteiger partial charge >= 0.3 is 6.18 Å². The number of hydrogen-bond donors (Lipinski definition) is 0. The number of carbonyl (C=O) groups excluding carboxylic acids is 1. The van der Waals surface area contributed by atoms with Crippen LogP contribution in [0.5, 0.6) is 0 Å². The minimum absolute atomic E-state index is 0.0344. The van der Waals surface area contributed by atoms with E-state index in [0.717, 1.165) is 36.7 Å². The number of benzene rings is 1. The lowest BCUT2D eigenvalue weighted by Gasteiger charge is -2.15. The molecule has 3 aromatic rings. The van der Waals surface area contributed by atoms with E-state index in [0.29, 0.717) is 10.6 Å². The molecule has 0 atom stereocenters. The Bertz CT molecular complexity index is 1080. The second kappa shape index (κ2) is 8.83. The topological polar surface area (TPSA) is 76.8 Å². The fourth-order valence-corrected chi connectivity index (χ4v) is 4.16. The van der Waals surface area contributed by atoms with Crippen LogP contribution in [0.25, 0.3) is 5.69 Å². The maximum Gasteiger partial charge on any atom is 0.418 e. The standard InChI is InChI=1S/C19H16ClF3N6OS/c20-13-4-5-15(14(9-13)19(21,22)23)29-16(25-26-27-29)11-31-17-6-3-12(10-24-17)18(30)28-7-1-2-8-28/h3-6,9-10H,1-2,7-8,11H2. The summed E-state index contributed by atoms with van der Waals surface area (Å²) in [7, 11) is 0. The molecule has 1 aliphatic rings. The van der Waals surface area contributed by atoms with E-state index in [-0.39, 0.29) is 28.2 Å². The maximum absolute atomic E-state index is 13.4. The molecule has 3 heterocycles. The number of carbonyl (C=O) groups is 1. The van der Waals surface area contributed by atoms with E-state index in [1.807, 2.05) is 0 Å². The lowest BCUT2D eigenvalue weighted by atomic mass is 10.1. The van der Waals surface area contributed by atoms with Crippen molar-refractivity contribution in [3.8, 4) is 5.69 Å². The van der Waals surface area contributed by atoms with Gasteiger partial charge in [-0.05, 0) is 53.6 Å². The zero-order chi connectivity index (χ0) is 22.0. The van der Waals surface area contributed by atoms with Gasteiger partial charge in [0.25, 0.3) is 5.91 Å². The van der Waals surface area contributed by atoms with Crippen LogP contribution in [0.15, 0.2) is 41.6 Å². The number of tetrazole rings is 1. The summed E-state index contributed by atoms with van der Waals surface area (Å²) < 4.78 is 41.3. The first-order chi connectivity index (χ1) is 14.8. The Morgan fingerprint density at radius 3 is 2.61 bits per heavy atom. The SMILES string of the molecule is O=C(c1ccc(SCc2nnnn2-c2ccc(Cl)cc2C(F)(F)F)nc1)N1CCCC1. The third-order valence-corrected chi connectivity index (χ3v) is 5.93. The molecule has 1 saturated heterocycles. The van der Waals surface area contributed by atoms with Crippen molar-refractivity contribution in [1.82, 2.24) is 30.1 Å². The Morgan fingerprint density at radius 2 is 1.94 bits per heavy atom. The summed E-state index contributed by atoms with van der Waals surface area (Å²) in [5.74, 6) is 0.351. The van der Waals surface area contributed by atoms with Gasteiger partial charge in [-0.1, -0.05) is 23.4 Å². The van der Waals surface area contributed by atoms with Crippen LogP contribution in [0.1, 0.15) is 34.6 Å². The van der Waals surface area contributed by atoms with Crippen molar-refractivity contribution in [2.45, 2.75) is 29.8 Å². The van der Waals surface area contributed by atoms with Crippen LogP contribution in [0, 0.1) is 0 Å². The van der Waals surface area contributed by atoms with Gasteiger partial charge in [0, 0.05) is 24.3 Å². The summed E-state index contributed by atoms with van der Waals surface area (Å²) in [6.07, 6.45) is -1.10. The highest BCUT2D eigenvalue weighted by Crippen LogP contribution is 2.36. The summed E-state index contributed by atoms with van der Waals surface area (Å²) in [6, 6.07) is 6.81. The van der Waals surface area contributed by atoms with Gasteiger partial charge in [0.05, 0.1) is 27.6 Å². The number of likely N-dealkylation sites (tertiary alicyclic amines) is 1. The van der Waals surface area contributed by atoms with Crippen molar-refractivity contribution in [3.05, 3.63) is 58.5 Å². The lowest BCUT2D eigenvalue weighted by Crippen LogP contribution is -2.27. The molecule has 31 heavy (non-hydrogen) atoms. The number of hydrogen-bond acceptors (Lipinski definition) is 6. The van der Waals surface area contributed by atoms with E-state index in [1.165, 1.54) is 30.1 Å². The van der Waals surface area contributed by atoms with Crippen molar-refractivity contribution < 1.29 is 18.0 Å². The van der Waals surface area contributed by atoms with E-state index in [2.05, 4.69) is 20.5 Å². The van der Waals surface area contributed by atoms with Crippen LogP contribution in [0.3, 0.4) is 0 Å². The van der Waals surface area contributed by atoms with Gasteiger partial charge in [0.15, 0.2) is 5.82 Å². The smallest absolute Gasteiger partial charge is 0.339 e. The average Bonchev–Trinajstić information content (AvgIpc) is 3.44. The van der Waals surface area contributed by atoms with E-state index in [9.17, 15) is 18.0 Å². The maximum atomic E-state index is 13.4. The molecule has 0 saturated carbocycles. The van der Waals surface area contributed by atoms with Crippen molar-refractivity contribution in [1.29, 1.82) is 0 Å². The molecule has 0 bridgehead atoms. The van der Waals surface area contributed by atoms with E-state index >= 15 is 0 Å². The minimum Gasteiger partial charge on any atom is -0.339 e. The average molecular weight is 469 g/mol. The largest absolute Gasteiger partial charge is 0.418 e. The highest BCUT2D eigenvalue weighted by Gasteiger charge is 2.35. The van der Waals surface area contributed by atoms with E-state index in [4.69, 9.17) is 11.6 Å². The predicted octanol–water partition coefficient (Wildman–Crippen LogP) is 4.26. The van der Waals surface area contributed by atoms with Crippen molar-refractivity contribution >= 4 is 29.3 Å². The third-order valence-electron chi connectivity index (χ3n) is 4.75. The van der Waals surface area contributed by atoms with Crippen LogP contribution in [-0.2, 0) is 11.9 Å². The quantitative estimate of drug-likeness (QED) is 0.521. The van der Waals surface area contributed by atoms with Gasteiger partial charge in [0.1, 0.15) is 0 Å². The zero-order valence-corrected chi connectivity index (χ0v) is 17.6. The lowest BCUT2D eigenvalue weighted by molar-refractivity contribution is -0.137. The Kier molecular flexibility index (Phi) is 6.15. The summed E-state index contributed by atoms with van der Waals surface area (Å²) in [5.41, 5.74) is -0.634. The number of thioether (sulfide) groups is 1. The van der Waals surface area contributed by atoms with Gasteiger partial charge in [-0.25, -0.2) is 4.98 Å². The monoisotopic (exact) mass is 468 g/mol. The fourth-order valence-electron chi connectivity index (χ4n) is 3.24. The number of rotatable bonds is 5. The summed E-state index contributed by atoms with van der Waals surface area (Å²) in [5, 5.41) is 11.6. The normalized spacial score (nSPS) is 14.3. The van der Waals surface area contributed by atoms with Crippen molar-refractivity contribution in [2.75, 3.05) is 13.1 Å². The van der Waals surface area contributed by atoms with E-state index < -0.39 is 11.7 Å². The van der Waals surface area contributed by atoms with Gasteiger partial charge in [-0.15, -0.1) is 5.10 Å². The number of amides is 1. The van der Waals surface area contributed by atoms with Gasteiger partial charge in [-0.3, -0.25) is 4.79 Å². The molecule has 7 nitrogen and oxygen atoms in total. The van der Waals surface area contributed by atoms with Gasteiger partial charge < -0.3 is 4.90 Å². The first-order valence-electron chi connectivity index (χ1n) is 9.35. The molecule has 1 amide bonds. The molecule has 12 heteroatoms. The van der Waals surface area contributed by atoms with Crippen molar-refractivity contribution in [2.24, 2.45) is 0 Å². The summed E-state index contributed by atoms with van der Waals surface area (Å²) in [6.45, 7) is 1.51. The highest BCUT2D eigenvalue weighted by molar-refractivity contribution is 7.98. The molecule has 1 fully saturated rings. The Labute approximate surface area is 184 Å². The van der Waals surface area contributed by atoms with Gasteiger partial charge in [0.2, 0.25) is 0 Å². The number of pyridine rings is 1. The van der Waals surface area contributed by atoms with Crippen LogP contribution in [0.2, 0.25) is 5.02 Å². The van der Waals surface area contributed by atoms with Gasteiger partial charge in [-0.2, -0.15) is 17.9 Å². The number of alkyl halides is 3. The van der Waals surface area contributed by atoms with Crippen LogP contribution in [-0.4, -0.2) is 49.1 Å². The highest BCUT2D eigenvalue weighted by atomic mass is 35.5. The zero-order valence-electron chi connectivity index (χ0n) is 16.0. The molecule has 1 aliphatic heterocycles. The Morgan fingerprint density at radius 1 is 1.16 bits per heavy atom. The molecule has 162 valence electrons. The molecule has 4 rings (SSSR count). The molecular formula is C19H16ClF3N6OS. The van der Waals surface area contributed by atoms with Crippen LogP contribution < -0.4 is 0 Å². The Hall–Kier alpha value is -2.66. The minimum atomic E-state index is -4.62.